The highest BCUT2D eigenvalue weighted by molar-refractivity contribution is 7.90. The van der Waals surface area contributed by atoms with Crippen LogP contribution in [0, 0.1) is 5.82 Å². The second-order valence-electron chi connectivity index (χ2n) is 9.63. The molecule has 1 atom stereocenters. The maximum Gasteiger partial charge on any atom is 0.234 e. The number of anilines is 2. The maximum absolute atomic E-state index is 13.5. The van der Waals surface area contributed by atoms with Crippen molar-refractivity contribution in [2.75, 3.05) is 23.9 Å². The van der Waals surface area contributed by atoms with Gasteiger partial charge in [0.05, 0.1) is 22.8 Å². The molecule has 0 radical (unpaired) electrons. The summed E-state index contributed by atoms with van der Waals surface area (Å²) in [6.45, 7) is -0.0100. The van der Waals surface area contributed by atoms with Crippen LogP contribution in [0.5, 0.6) is 5.75 Å². The Kier molecular flexibility index (Phi) is 9.37. The van der Waals surface area contributed by atoms with E-state index in [1.165, 1.54) is 18.5 Å². The molecule has 0 amide bonds. The molecule has 0 fully saturated rings. The van der Waals surface area contributed by atoms with Gasteiger partial charge in [0.25, 0.3) is 0 Å². The number of hydrogen-bond donors (Lipinski definition) is 2. The van der Waals surface area contributed by atoms with E-state index in [-0.39, 0.29) is 31.3 Å². The largest absolute Gasteiger partial charge is 0.487 e. The minimum absolute atomic E-state index is 0.0508. The molecule has 0 aliphatic carbocycles. The number of aromatic nitrogens is 2. The molecule has 0 saturated heterocycles. The van der Waals surface area contributed by atoms with Crippen molar-refractivity contribution in [2.24, 2.45) is 0 Å². The maximum atomic E-state index is 13.5. The monoisotopic (exact) mass is 644 g/mol. The molecular weight excluding hydrogens is 619 g/mol. The van der Waals surface area contributed by atoms with E-state index in [9.17, 15) is 21.6 Å². The van der Waals surface area contributed by atoms with E-state index in [0.717, 1.165) is 10.6 Å². The summed E-state index contributed by atoms with van der Waals surface area (Å²) in [6.07, 6.45) is 2.51. The Hall–Kier alpha value is -3.88. The number of rotatable bonds is 12. The summed E-state index contributed by atoms with van der Waals surface area (Å²) in [5.41, 5.74) is 2.72. The third kappa shape index (κ3) is 8.15. The number of sulfone groups is 1. The number of benzene rings is 3. The van der Waals surface area contributed by atoms with Gasteiger partial charge in [-0.25, -0.2) is 27.0 Å². The van der Waals surface area contributed by atoms with E-state index < -0.39 is 21.1 Å². The molecule has 10 nitrogen and oxygen atoms in total. The van der Waals surface area contributed by atoms with Gasteiger partial charge in [-0.2, -0.15) is 4.31 Å². The average molecular weight is 645 g/mol. The lowest BCUT2D eigenvalue weighted by atomic mass is 10.1. The first kappa shape index (κ1) is 30.6. The summed E-state index contributed by atoms with van der Waals surface area (Å²) in [6, 6.07) is 20.2. The zero-order valence-corrected chi connectivity index (χ0v) is 25.1. The Labute approximate surface area is 254 Å². The van der Waals surface area contributed by atoms with E-state index in [1.807, 2.05) is 18.2 Å². The van der Waals surface area contributed by atoms with Crippen LogP contribution in [0.15, 0.2) is 83.5 Å². The summed E-state index contributed by atoms with van der Waals surface area (Å²) in [5, 5.41) is 4.32. The van der Waals surface area contributed by atoms with Crippen molar-refractivity contribution in [1.82, 2.24) is 14.3 Å². The Morgan fingerprint density at radius 1 is 1.09 bits per heavy atom. The second-order valence-corrected chi connectivity index (χ2v) is 13.3. The zero-order valence-electron chi connectivity index (χ0n) is 22.7. The normalized spacial score (nSPS) is 12.5. The summed E-state index contributed by atoms with van der Waals surface area (Å²) < 4.78 is 70.6. The van der Waals surface area contributed by atoms with Crippen LogP contribution in [0.25, 0.3) is 22.2 Å². The van der Waals surface area contributed by atoms with Gasteiger partial charge >= 0.3 is 0 Å². The van der Waals surface area contributed by atoms with Gasteiger partial charge in [0.15, 0.2) is 0 Å². The van der Waals surface area contributed by atoms with Gasteiger partial charge in [-0.1, -0.05) is 23.7 Å². The van der Waals surface area contributed by atoms with Crippen LogP contribution in [0.4, 0.5) is 15.9 Å². The van der Waals surface area contributed by atoms with Crippen molar-refractivity contribution >= 4 is 55.1 Å². The Balaban J connectivity index is 1.32. The number of nitrogens with one attached hydrogen (secondary N) is 1. The van der Waals surface area contributed by atoms with Gasteiger partial charge in [-0.3, -0.25) is 4.55 Å². The predicted octanol–water partition coefficient (Wildman–Crippen LogP) is 5.99. The zero-order chi connectivity index (χ0) is 30.6. The molecule has 224 valence electrons. The van der Waals surface area contributed by atoms with E-state index in [4.69, 9.17) is 20.8 Å². The van der Waals surface area contributed by atoms with Gasteiger partial charge in [0, 0.05) is 29.4 Å². The molecule has 2 aromatic heterocycles. The second kappa shape index (κ2) is 13.2. The summed E-state index contributed by atoms with van der Waals surface area (Å²) in [5.74, 6) is 1.26. The minimum Gasteiger partial charge on any atom is -0.487 e. The summed E-state index contributed by atoms with van der Waals surface area (Å²) >= 11 is 4.09. The van der Waals surface area contributed by atoms with Crippen LogP contribution in [0.2, 0.25) is 5.02 Å². The topological polar surface area (TPSA) is 135 Å². The molecule has 0 bridgehead atoms. The number of nitrogens with zero attached hydrogens (tertiary/aromatic N) is 3. The SMILES string of the molecule is CS(=O)(=O)CCN(Cc1ccc(-c2ccc3ncnc(Nc4ccc(OCc5cccc(F)c5)c(Cl)c4)c3c2)o1)S(=O)O. The van der Waals surface area contributed by atoms with Gasteiger partial charge in [-0.05, 0) is 66.2 Å². The molecule has 2 N–H and O–H groups in total. The molecule has 0 spiro atoms. The Bertz CT molecular complexity index is 1900. The first-order chi connectivity index (χ1) is 20.5. The molecule has 43 heavy (non-hydrogen) atoms. The molecule has 2 heterocycles. The number of furan rings is 1. The van der Waals surface area contributed by atoms with Crippen LogP contribution in [0.3, 0.4) is 0 Å². The first-order valence-electron chi connectivity index (χ1n) is 12.9. The molecular formula is C29H26ClFN4O6S2. The third-order valence-corrected chi connectivity index (χ3v) is 8.30. The fourth-order valence-electron chi connectivity index (χ4n) is 4.20. The average Bonchev–Trinajstić information content (AvgIpc) is 3.43. The highest BCUT2D eigenvalue weighted by Crippen LogP contribution is 2.33. The van der Waals surface area contributed by atoms with Crippen molar-refractivity contribution < 1.29 is 30.7 Å². The van der Waals surface area contributed by atoms with Crippen LogP contribution in [-0.2, 0) is 34.3 Å². The number of fused-ring (bicyclic) bond motifs is 1. The Morgan fingerprint density at radius 3 is 2.67 bits per heavy atom. The van der Waals surface area contributed by atoms with Crippen LogP contribution >= 0.6 is 11.6 Å². The third-order valence-electron chi connectivity index (χ3n) is 6.32. The highest BCUT2D eigenvalue weighted by Gasteiger charge is 2.18. The van der Waals surface area contributed by atoms with Crippen molar-refractivity contribution in [1.29, 1.82) is 0 Å². The van der Waals surface area contributed by atoms with Gasteiger partial charge in [0.2, 0.25) is 11.3 Å². The summed E-state index contributed by atoms with van der Waals surface area (Å²) in [4.78, 5) is 8.74. The number of hydrogen-bond acceptors (Lipinski definition) is 8. The molecule has 14 heteroatoms. The molecule has 0 saturated carbocycles. The molecule has 3 aromatic carbocycles. The van der Waals surface area contributed by atoms with Crippen molar-refractivity contribution in [3.63, 3.8) is 0 Å². The molecule has 5 rings (SSSR count). The van der Waals surface area contributed by atoms with Gasteiger partial charge in [0.1, 0.15) is 51.7 Å². The van der Waals surface area contributed by atoms with Gasteiger partial charge < -0.3 is 14.5 Å². The van der Waals surface area contributed by atoms with E-state index >= 15 is 0 Å². The molecule has 0 aliphatic heterocycles. The van der Waals surface area contributed by atoms with E-state index in [2.05, 4.69) is 15.3 Å². The van der Waals surface area contributed by atoms with Crippen LogP contribution < -0.4 is 10.1 Å². The van der Waals surface area contributed by atoms with Crippen LogP contribution in [-0.4, -0.2) is 50.0 Å². The van der Waals surface area contributed by atoms with Crippen molar-refractivity contribution in [2.45, 2.75) is 13.2 Å². The highest BCUT2D eigenvalue weighted by atomic mass is 35.5. The predicted molar refractivity (Wildman–Crippen MR) is 164 cm³/mol. The fourth-order valence-corrected chi connectivity index (χ4v) is 5.59. The van der Waals surface area contributed by atoms with Gasteiger partial charge in [-0.15, -0.1) is 0 Å². The van der Waals surface area contributed by atoms with E-state index in [1.54, 1.807) is 42.5 Å². The number of halogens is 2. The Morgan fingerprint density at radius 2 is 1.93 bits per heavy atom. The first-order valence-corrected chi connectivity index (χ1v) is 16.4. The van der Waals surface area contributed by atoms with Crippen molar-refractivity contribution in [3.05, 3.63) is 101 Å². The number of ether oxygens (including phenoxy) is 1. The molecule has 5 aromatic rings. The lowest BCUT2D eigenvalue weighted by molar-refractivity contribution is 0.306. The molecule has 1 unspecified atom stereocenters. The molecule has 0 aliphatic rings. The van der Waals surface area contributed by atoms with Crippen molar-refractivity contribution in [3.8, 4) is 17.1 Å². The quantitative estimate of drug-likeness (QED) is 0.157. The summed E-state index contributed by atoms with van der Waals surface area (Å²) in [7, 11) is -3.31. The van der Waals surface area contributed by atoms with Crippen LogP contribution in [0.1, 0.15) is 11.3 Å². The lowest BCUT2D eigenvalue weighted by Crippen LogP contribution is -2.30. The minimum atomic E-state index is -3.31. The lowest BCUT2D eigenvalue weighted by Gasteiger charge is -2.15. The smallest absolute Gasteiger partial charge is 0.234 e. The van der Waals surface area contributed by atoms with E-state index in [0.29, 0.717) is 55.8 Å². The standard InChI is InChI=1S/C29H26ClFN4O6S2/c1-43(38,39)12-11-35(42(36)37)16-23-7-10-27(41-23)20-5-8-26-24(14-20)29(33-18-32-26)34-22-6-9-28(25(30)15-22)40-17-19-3-2-4-21(31)13-19/h2-10,13-15,18H,11-12,16-17H2,1H3,(H,36,37)(H,32,33,34). The fraction of sp³-hybridized carbons (Fsp3) is 0.172.